The van der Waals surface area contributed by atoms with Crippen molar-refractivity contribution in [3.63, 3.8) is 0 Å². The number of halogens is 2. The lowest BCUT2D eigenvalue weighted by molar-refractivity contribution is -0.134. The molecule has 2 atom stereocenters. The molecule has 1 saturated carbocycles. The predicted octanol–water partition coefficient (Wildman–Crippen LogP) is 3.17. The Morgan fingerprint density at radius 1 is 1.22 bits per heavy atom. The molecule has 5 nitrogen and oxygen atoms in total. The minimum Gasteiger partial charge on any atom is -0.351 e. The van der Waals surface area contributed by atoms with Gasteiger partial charge in [-0.05, 0) is 36.4 Å². The van der Waals surface area contributed by atoms with Gasteiger partial charge >= 0.3 is 0 Å². The van der Waals surface area contributed by atoms with Gasteiger partial charge in [0.1, 0.15) is 0 Å². The van der Waals surface area contributed by atoms with Crippen molar-refractivity contribution in [2.45, 2.75) is 38.8 Å². The summed E-state index contributed by atoms with van der Waals surface area (Å²) in [6.07, 6.45) is 10.2. The van der Waals surface area contributed by atoms with E-state index in [0.29, 0.717) is 12.5 Å². The molecule has 0 spiro atoms. The van der Waals surface area contributed by atoms with E-state index in [1.165, 1.54) is 24.8 Å². The molecule has 27 heavy (non-hydrogen) atoms. The number of hydrogen-bond acceptors (Lipinski definition) is 3. The van der Waals surface area contributed by atoms with Gasteiger partial charge in [0.25, 0.3) is 0 Å². The summed E-state index contributed by atoms with van der Waals surface area (Å²) in [5.41, 5.74) is 2.22. The van der Waals surface area contributed by atoms with Gasteiger partial charge in [0, 0.05) is 32.0 Å². The second kappa shape index (κ2) is 9.58. The summed E-state index contributed by atoms with van der Waals surface area (Å²) in [6.45, 7) is 3.27. The van der Waals surface area contributed by atoms with Gasteiger partial charge in [-0.15, -0.1) is 24.8 Å². The third kappa shape index (κ3) is 4.65. The molecule has 1 aromatic heterocycles. The molecule has 0 unspecified atom stereocenters. The number of rotatable bonds is 5. The van der Waals surface area contributed by atoms with E-state index in [2.05, 4.69) is 39.9 Å². The lowest BCUT2D eigenvalue weighted by Crippen LogP contribution is -2.47. The number of hydrogen-bond donors (Lipinski definition) is 2. The Morgan fingerprint density at radius 3 is 2.74 bits per heavy atom. The van der Waals surface area contributed by atoms with Crippen molar-refractivity contribution in [2.75, 3.05) is 13.1 Å². The zero-order chi connectivity index (χ0) is 17.1. The zero-order valence-corrected chi connectivity index (χ0v) is 17.0. The van der Waals surface area contributed by atoms with Crippen molar-refractivity contribution in [3.8, 4) is 0 Å². The van der Waals surface area contributed by atoms with Crippen molar-refractivity contribution in [1.29, 1.82) is 0 Å². The quantitative estimate of drug-likeness (QED) is 0.795. The first-order chi connectivity index (χ1) is 12.3. The van der Waals surface area contributed by atoms with Crippen molar-refractivity contribution >= 4 is 30.7 Å². The third-order valence-electron chi connectivity index (χ3n) is 5.89. The molecule has 2 aliphatic rings. The van der Waals surface area contributed by atoms with Crippen LogP contribution < -0.4 is 10.6 Å². The fraction of sp³-hybridized carbons (Fsp3) is 0.500. The molecule has 1 saturated heterocycles. The lowest BCUT2D eigenvalue weighted by Gasteiger charge is -2.37. The maximum absolute atomic E-state index is 12.9. The van der Waals surface area contributed by atoms with Crippen molar-refractivity contribution < 1.29 is 4.79 Å². The Morgan fingerprint density at radius 2 is 2.00 bits per heavy atom. The van der Waals surface area contributed by atoms with E-state index >= 15 is 0 Å². The fourth-order valence-electron chi connectivity index (χ4n) is 4.40. The molecular formula is C20H28Cl2N4O. The maximum atomic E-state index is 12.9. The topological polar surface area (TPSA) is 59.0 Å². The molecule has 0 bridgehead atoms. The van der Waals surface area contributed by atoms with E-state index in [4.69, 9.17) is 0 Å². The molecule has 148 valence electrons. The summed E-state index contributed by atoms with van der Waals surface area (Å²) >= 11 is 0. The molecule has 1 aliphatic heterocycles. The summed E-state index contributed by atoms with van der Waals surface area (Å²) in [7, 11) is 0. The molecule has 7 heteroatoms. The maximum Gasteiger partial charge on any atom is 0.228 e. The Kier molecular flexibility index (Phi) is 7.71. The predicted molar refractivity (Wildman–Crippen MR) is 111 cm³/mol. The summed E-state index contributed by atoms with van der Waals surface area (Å²) in [4.78, 5) is 17.0. The average molecular weight is 411 g/mol. The summed E-state index contributed by atoms with van der Waals surface area (Å²) in [5, 5.41) is 6.65. The average Bonchev–Trinajstić information content (AvgIpc) is 3.30. The van der Waals surface area contributed by atoms with Crippen LogP contribution in [-0.4, -0.2) is 28.5 Å². The number of carbonyl (C=O) groups excluding carboxylic acids is 1. The van der Waals surface area contributed by atoms with Gasteiger partial charge in [0.2, 0.25) is 5.91 Å². The van der Waals surface area contributed by atoms with Crippen LogP contribution in [0.4, 0.5) is 0 Å². The van der Waals surface area contributed by atoms with Crippen molar-refractivity contribution in [3.05, 3.63) is 54.1 Å². The zero-order valence-electron chi connectivity index (χ0n) is 15.4. The molecule has 2 fully saturated rings. The highest BCUT2D eigenvalue weighted by Crippen LogP contribution is 2.43. The summed E-state index contributed by atoms with van der Waals surface area (Å²) < 4.78 is 2.05. The van der Waals surface area contributed by atoms with E-state index in [-0.39, 0.29) is 36.1 Å². The Bertz CT molecular complexity index is 720. The minimum atomic E-state index is -0.167. The number of aromatic nitrogens is 2. The lowest BCUT2D eigenvalue weighted by atomic mass is 9.67. The SMILES string of the molecule is Cl.Cl.O=C(NCc1ccc(Cn2ccnc2)cc1)[C@@]12CCCC[C@H]1CNC2. The minimum absolute atomic E-state index is 0. The molecule has 1 aromatic carbocycles. The van der Waals surface area contributed by atoms with E-state index in [1.807, 2.05) is 17.1 Å². The highest BCUT2D eigenvalue weighted by Gasteiger charge is 2.49. The van der Waals surface area contributed by atoms with Crippen LogP contribution in [0.3, 0.4) is 0 Å². The Hall–Kier alpha value is -1.56. The van der Waals surface area contributed by atoms with Gasteiger partial charge in [-0.25, -0.2) is 4.98 Å². The summed E-state index contributed by atoms with van der Waals surface area (Å²) in [6, 6.07) is 8.46. The normalized spacial score (nSPS) is 23.6. The molecule has 4 rings (SSSR count). The first-order valence-electron chi connectivity index (χ1n) is 9.29. The smallest absolute Gasteiger partial charge is 0.228 e. The Balaban J connectivity index is 0.00000131. The fourth-order valence-corrected chi connectivity index (χ4v) is 4.40. The van der Waals surface area contributed by atoms with E-state index in [9.17, 15) is 4.79 Å². The van der Waals surface area contributed by atoms with Crippen LogP contribution in [0.1, 0.15) is 36.8 Å². The van der Waals surface area contributed by atoms with Gasteiger partial charge in [-0.2, -0.15) is 0 Å². The molecule has 0 radical (unpaired) electrons. The molecule has 2 N–H and O–H groups in total. The molecule has 1 aliphatic carbocycles. The molecular weight excluding hydrogens is 383 g/mol. The molecule has 2 heterocycles. The van der Waals surface area contributed by atoms with E-state index in [1.54, 1.807) is 6.20 Å². The van der Waals surface area contributed by atoms with Gasteiger partial charge in [0.05, 0.1) is 11.7 Å². The van der Waals surface area contributed by atoms with Gasteiger partial charge < -0.3 is 15.2 Å². The number of nitrogens with one attached hydrogen (secondary N) is 2. The second-order valence-corrected chi connectivity index (χ2v) is 7.46. The van der Waals surface area contributed by atoms with Crippen LogP contribution in [0.15, 0.2) is 43.0 Å². The number of nitrogens with zero attached hydrogens (tertiary/aromatic N) is 2. The van der Waals surface area contributed by atoms with Gasteiger partial charge in [0.15, 0.2) is 0 Å². The summed E-state index contributed by atoms with van der Waals surface area (Å²) in [5.74, 6) is 0.753. The second-order valence-electron chi connectivity index (χ2n) is 7.46. The highest BCUT2D eigenvalue weighted by atomic mass is 35.5. The van der Waals surface area contributed by atoms with Gasteiger partial charge in [-0.3, -0.25) is 4.79 Å². The van der Waals surface area contributed by atoms with Crippen LogP contribution in [0.5, 0.6) is 0 Å². The van der Waals surface area contributed by atoms with Crippen molar-refractivity contribution in [2.24, 2.45) is 11.3 Å². The monoisotopic (exact) mass is 410 g/mol. The number of amides is 1. The number of fused-ring (bicyclic) bond motifs is 1. The molecule has 2 aromatic rings. The number of carbonyl (C=O) groups is 1. The first-order valence-corrected chi connectivity index (χ1v) is 9.29. The van der Waals surface area contributed by atoms with E-state index in [0.717, 1.165) is 31.6 Å². The number of imidazole rings is 1. The molecule has 1 amide bonds. The highest BCUT2D eigenvalue weighted by molar-refractivity contribution is 5.85. The largest absolute Gasteiger partial charge is 0.351 e. The first kappa shape index (κ1) is 21.7. The van der Waals surface area contributed by atoms with Crippen LogP contribution in [0.2, 0.25) is 0 Å². The van der Waals surface area contributed by atoms with E-state index < -0.39 is 0 Å². The van der Waals surface area contributed by atoms with Gasteiger partial charge in [-0.1, -0.05) is 37.1 Å². The Labute approximate surface area is 173 Å². The van der Waals surface area contributed by atoms with Crippen LogP contribution in [0, 0.1) is 11.3 Å². The van der Waals surface area contributed by atoms with Crippen LogP contribution >= 0.6 is 24.8 Å². The third-order valence-corrected chi connectivity index (χ3v) is 5.89. The standard InChI is InChI=1S/C20H26N4O.2ClH/c25-19(20-8-2-1-3-18(20)12-22-14-20)23-11-16-4-6-17(7-5-16)13-24-10-9-21-15-24;;/h4-7,9-10,15,18,22H,1-3,8,11-14H2,(H,23,25);2*1H/t18-,20+;;/m0../s1. The van der Waals surface area contributed by atoms with Crippen molar-refractivity contribution in [1.82, 2.24) is 20.2 Å². The van der Waals surface area contributed by atoms with Crippen LogP contribution in [0.25, 0.3) is 0 Å². The number of benzene rings is 1. The van der Waals surface area contributed by atoms with Crippen LogP contribution in [-0.2, 0) is 17.9 Å².